The zero-order valence-electron chi connectivity index (χ0n) is 11.6. The first-order valence-electron chi connectivity index (χ1n) is 7.15. The summed E-state index contributed by atoms with van der Waals surface area (Å²) in [4.78, 5) is 4.39. The topological polar surface area (TPSA) is 43.8 Å². The lowest BCUT2D eigenvalue weighted by molar-refractivity contribution is 0.242. The lowest BCUT2D eigenvalue weighted by Crippen LogP contribution is -2.23. The van der Waals surface area contributed by atoms with Crippen LogP contribution in [0.15, 0.2) is 12.1 Å². The summed E-state index contributed by atoms with van der Waals surface area (Å²) in [7, 11) is 0. The lowest BCUT2D eigenvalue weighted by atomic mass is 9.83. The van der Waals surface area contributed by atoms with E-state index < -0.39 is 0 Å². The molecule has 1 aliphatic carbocycles. The number of anilines is 1. The minimum atomic E-state index is -0.198. The maximum absolute atomic E-state index is 13.8. The van der Waals surface area contributed by atoms with E-state index in [0.717, 1.165) is 24.0 Å². The molecule has 3 nitrogen and oxygen atoms in total. The minimum absolute atomic E-state index is 0.198. The Morgan fingerprint density at radius 3 is 2.75 bits per heavy atom. The van der Waals surface area contributed by atoms with Crippen LogP contribution in [0.3, 0.4) is 0 Å². The van der Waals surface area contributed by atoms with Gasteiger partial charge in [0.2, 0.25) is 5.95 Å². The monoisotopic (exact) mass is 387 g/mol. The van der Waals surface area contributed by atoms with Gasteiger partial charge in [0.25, 0.3) is 0 Å². The fourth-order valence-electron chi connectivity index (χ4n) is 3.39. The number of hydrogen-bond donors (Lipinski definition) is 1. The largest absolute Gasteiger partial charge is 0.369 e. The van der Waals surface area contributed by atoms with Crippen molar-refractivity contribution in [2.45, 2.75) is 45.6 Å². The van der Waals surface area contributed by atoms with Gasteiger partial charge in [0, 0.05) is 12.6 Å². The molecule has 2 aromatic rings. The zero-order chi connectivity index (χ0) is 14.3. The second-order valence-corrected chi connectivity index (χ2v) is 7.03. The first kappa shape index (κ1) is 14.1. The molecule has 1 aliphatic rings. The summed E-state index contributed by atoms with van der Waals surface area (Å²) < 4.78 is 16.4. The molecule has 0 radical (unpaired) electrons. The van der Waals surface area contributed by atoms with Crippen molar-refractivity contribution < 1.29 is 4.39 Å². The summed E-state index contributed by atoms with van der Waals surface area (Å²) in [5, 5.41) is 0. The second kappa shape index (κ2) is 5.16. The molecule has 1 aromatic carbocycles. The molecule has 1 aromatic heterocycles. The van der Waals surface area contributed by atoms with Gasteiger partial charge in [0.15, 0.2) is 0 Å². The SMILES string of the molecule is CCC1(Cn2c(N)nc3cc(I)c(F)cc32)CCCC1. The summed E-state index contributed by atoms with van der Waals surface area (Å²) in [5.74, 6) is 0.303. The van der Waals surface area contributed by atoms with Gasteiger partial charge in [-0.15, -0.1) is 0 Å². The predicted octanol–water partition coefficient (Wildman–Crippen LogP) is 4.33. The number of hydrogen-bond acceptors (Lipinski definition) is 2. The van der Waals surface area contributed by atoms with Crippen LogP contribution in [0.25, 0.3) is 11.0 Å². The van der Waals surface area contributed by atoms with Crippen molar-refractivity contribution in [2.75, 3.05) is 5.73 Å². The van der Waals surface area contributed by atoms with Crippen LogP contribution in [0, 0.1) is 14.8 Å². The first-order valence-corrected chi connectivity index (χ1v) is 8.23. The van der Waals surface area contributed by atoms with Crippen LogP contribution < -0.4 is 5.73 Å². The van der Waals surface area contributed by atoms with Crippen molar-refractivity contribution >= 4 is 39.6 Å². The molecular formula is C15H19FIN3. The summed E-state index contributed by atoms with van der Waals surface area (Å²) >= 11 is 1.99. The average molecular weight is 387 g/mol. The van der Waals surface area contributed by atoms with E-state index in [1.165, 1.54) is 25.7 Å². The molecule has 5 heteroatoms. The van der Waals surface area contributed by atoms with Crippen molar-refractivity contribution in [3.8, 4) is 0 Å². The number of nitrogens with two attached hydrogens (primary N) is 1. The first-order chi connectivity index (χ1) is 9.54. The average Bonchev–Trinajstić information content (AvgIpc) is 2.99. The quantitative estimate of drug-likeness (QED) is 0.797. The van der Waals surface area contributed by atoms with Gasteiger partial charge >= 0.3 is 0 Å². The molecular weight excluding hydrogens is 368 g/mol. The van der Waals surface area contributed by atoms with Crippen molar-refractivity contribution in [1.29, 1.82) is 0 Å². The van der Waals surface area contributed by atoms with E-state index in [2.05, 4.69) is 11.9 Å². The molecule has 0 unspecified atom stereocenters. The van der Waals surface area contributed by atoms with Crippen LogP contribution in [0.5, 0.6) is 0 Å². The smallest absolute Gasteiger partial charge is 0.201 e. The number of imidazole rings is 1. The highest BCUT2D eigenvalue weighted by Gasteiger charge is 2.33. The normalized spacial score (nSPS) is 17.9. The van der Waals surface area contributed by atoms with Crippen molar-refractivity contribution in [3.63, 3.8) is 0 Å². The van der Waals surface area contributed by atoms with E-state index in [1.807, 2.05) is 27.2 Å². The van der Waals surface area contributed by atoms with Gasteiger partial charge in [-0.25, -0.2) is 9.37 Å². The van der Waals surface area contributed by atoms with E-state index in [4.69, 9.17) is 5.73 Å². The zero-order valence-corrected chi connectivity index (χ0v) is 13.8. The summed E-state index contributed by atoms with van der Waals surface area (Å²) in [6.45, 7) is 3.09. The molecule has 0 spiro atoms. The van der Waals surface area contributed by atoms with Crippen LogP contribution in [0.2, 0.25) is 0 Å². The maximum Gasteiger partial charge on any atom is 0.201 e. The number of nitrogen functional groups attached to an aromatic ring is 1. The Hall–Kier alpha value is -0.850. The highest BCUT2D eigenvalue weighted by molar-refractivity contribution is 14.1. The van der Waals surface area contributed by atoms with E-state index in [0.29, 0.717) is 14.9 Å². The summed E-state index contributed by atoms with van der Waals surface area (Å²) in [6.07, 6.45) is 6.17. The third kappa shape index (κ3) is 2.29. The molecule has 0 aliphatic heterocycles. The molecule has 1 fully saturated rings. The predicted molar refractivity (Wildman–Crippen MR) is 88.0 cm³/mol. The standard InChI is InChI=1S/C15H19FIN3/c1-2-15(5-3-4-6-15)9-20-13-7-10(16)11(17)8-12(13)19-14(20)18/h7-8H,2-6,9H2,1H3,(H2,18,19). The Labute approximate surface area is 131 Å². The van der Waals surface area contributed by atoms with Gasteiger partial charge in [0.1, 0.15) is 5.82 Å². The molecule has 108 valence electrons. The van der Waals surface area contributed by atoms with Crippen LogP contribution in [0.1, 0.15) is 39.0 Å². The Morgan fingerprint density at radius 1 is 1.40 bits per heavy atom. The van der Waals surface area contributed by atoms with Gasteiger partial charge in [-0.1, -0.05) is 19.8 Å². The van der Waals surface area contributed by atoms with Gasteiger partial charge in [-0.2, -0.15) is 0 Å². The number of benzene rings is 1. The Kier molecular flexibility index (Phi) is 3.64. The van der Waals surface area contributed by atoms with E-state index in [9.17, 15) is 4.39 Å². The third-order valence-electron chi connectivity index (χ3n) is 4.73. The van der Waals surface area contributed by atoms with Gasteiger partial charge in [-0.05, 0) is 53.3 Å². The Morgan fingerprint density at radius 2 is 2.10 bits per heavy atom. The third-order valence-corrected chi connectivity index (χ3v) is 5.55. The molecule has 0 saturated heterocycles. The van der Waals surface area contributed by atoms with Crippen LogP contribution in [0.4, 0.5) is 10.3 Å². The second-order valence-electron chi connectivity index (χ2n) is 5.87. The molecule has 20 heavy (non-hydrogen) atoms. The number of aromatic nitrogens is 2. The van der Waals surface area contributed by atoms with Gasteiger partial charge < -0.3 is 10.3 Å². The Bertz CT molecular complexity index is 644. The molecule has 0 amide bonds. The van der Waals surface area contributed by atoms with E-state index in [-0.39, 0.29) is 5.82 Å². The van der Waals surface area contributed by atoms with Gasteiger partial charge in [0.05, 0.1) is 14.6 Å². The fourth-order valence-corrected chi connectivity index (χ4v) is 3.84. The molecule has 0 bridgehead atoms. The van der Waals surface area contributed by atoms with E-state index >= 15 is 0 Å². The molecule has 1 saturated carbocycles. The van der Waals surface area contributed by atoms with Crippen LogP contribution in [-0.4, -0.2) is 9.55 Å². The highest BCUT2D eigenvalue weighted by Crippen LogP contribution is 2.43. The number of rotatable bonds is 3. The summed E-state index contributed by atoms with van der Waals surface area (Å²) in [6, 6.07) is 3.34. The fraction of sp³-hybridized carbons (Fsp3) is 0.533. The molecule has 3 rings (SSSR count). The minimum Gasteiger partial charge on any atom is -0.369 e. The Balaban J connectivity index is 2.06. The van der Waals surface area contributed by atoms with Crippen LogP contribution >= 0.6 is 22.6 Å². The highest BCUT2D eigenvalue weighted by atomic mass is 127. The molecule has 1 heterocycles. The van der Waals surface area contributed by atoms with Crippen molar-refractivity contribution in [3.05, 3.63) is 21.5 Å². The number of nitrogens with zero attached hydrogens (tertiary/aromatic N) is 2. The molecule has 0 atom stereocenters. The van der Waals surface area contributed by atoms with Gasteiger partial charge in [-0.3, -0.25) is 0 Å². The summed E-state index contributed by atoms with van der Waals surface area (Å²) in [5.41, 5.74) is 7.99. The lowest BCUT2D eigenvalue weighted by Gasteiger charge is -2.28. The van der Waals surface area contributed by atoms with E-state index in [1.54, 1.807) is 12.1 Å². The number of halogens is 2. The maximum atomic E-state index is 13.8. The number of fused-ring (bicyclic) bond motifs is 1. The van der Waals surface area contributed by atoms with Crippen molar-refractivity contribution in [1.82, 2.24) is 9.55 Å². The van der Waals surface area contributed by atoms with Crippen molar-refractivity contribution in [2.24, 2.45) is 5.41 Å². The van der Waals surface area contributed by atoms with Crippen LogP contribution in [-0.2, 0) is 6.54 Å². The molecule has 2 N–H and O–H groups in total.